The van der Waals surface area contributed by atoms with Gasteiger partial charge in [-0.25, -0.2) is 4.39 Å². The smallest absolute Gasteiger partial charge is 0.326 e. The van der Waals surface area contributed by atoms with E-state index in [0.29, 0.717) is 6.42 Å². The van der Waals surface area contributed by atoms with Gasteiger partial charge in [0.15, 0.2) is 0 Å². The molecule has 0 aliphatic carbocycles. The second-order valence-corrected chi connectivity index (χ2v) is 6.48. The third kappa shape index (κ3) is 4.04. The van der Waals surface area contributed by atoms with Crippen LogP contribution >= 0.6 is 0 Å². The second-order valence-electron chi connectivity index (χ2n) is 6.48. The molecule has 2 atom stereocenters. The van der Waals surface area contributed by atoms with Crippen LogP contribution in [0.4, 0.5) is 13.2 Å². The molecule has 6 nitrogen and oxygen atoms in total. The number of nitrogens with zero attached hydrogens (tertiary/aromatic N) is 4. The van der Waals surface area contributed by atoms with E-state index in [1.54, 1.807) is 12.1 Å². The van der Waals surface area contributed by atoms with E-state index < -0.39 is 24.3 Å². The van der Waals surface area contributed by atoms with Crippen molar-refractivity contribution < 1.29 is 18.0 Å². The molecular weight excluding hydrogens is 347 g/mol. The van der Waals surface area contributed by atoms with Crippen molar-refractivity contribution in [1.29, 1.82) is 0 Å². The van der Waals surface area contributed by atoms with Crippen LogP contribution in [0.15, 0.2) is 36.7 Å². The van der Waals surface area contributed by atoms with Crippen LogP contribution in [0, 0.1) is 5.82 Å². The summed E-state index contributed by atoms with van der Waals surface area (Å²) in [4.78, 5) is 13.4. The van der Waals surface area contributed by atoms with Crippen LogP contribution in [0.3, 0.4) is 0 Å². The summed E-state index contributed by atoms with van der Waals surface area (Å²) in [7, 11) is 0. The van der Waals surface area contributed by atoms with Gasteiger partial charge in [0.1, 0.15) is 5.82 Å². The molecule has 0 bridgehead atoms. The average molecular weight is 367 g/mol. The highest BCUT2D eigenvalue weighted by molar-refractivity contribution is 5.83. The highest BCUT2D eigenvalue weighted by atomic mass is 19.3. The van der Waals surface area contributed by atoms with Crippen LogP contribution < -0.4 is 5.73 Å². The minimum Gasteiger partial charge on any atom is -0.336 e. The van der Waals surface area contributed by atoms with Gasteiger partial charge in [-0.15, -0.1) is 5.10 Å². The van der Waals surface area contributed by atoms with E-state index in [9.17, 15) is 18.0 Å². The molecule has 0 unspecified atom stereocenters. The quantitative estimate of drug-likeness (QED) is 0.874. The Labute approximate surface area is 148 Å². The molecule has 1 fully saturated rings. The van der Waals surface area contributed by atoms with Crippen molar-refractivity contribution in [2.75, 3.05) is 13.1 Å². The van der Waals surface area contributed by atoms with Crippen molar-refractivity contribution in [2.45, 2.75) is 37.3 Å². The Morgan fingerprint density at radius 3 is 2.65 bits per heavy atom. The van der Waals surface area contributed by atoms with E-state index in [-0.39, 0.29) is 31.4 Å². The molecule has 2 aromatic rings. The summed E-state index contributed by atoms with van der Waals surface area (Å²) >= 11 is 0. The molecule has 2 N–H and O–H groups in total. The van der Waals surface area contributed by atoms with Crippen molar-refractivity contribution >= 4 is 5.91 Å². The number of amides is 1. The van der Waals surface area contributed by atoms with E-state index in [4.69, 9.17) is 5.73 Å². The van der Waals surface area contributed by atoms with Gasteiger partial charge in [-0.1, -0.05) is 17.3 Å². The number of piperidine rings is 1. The molecule has 1 aliphatic heterocycles. The molecule has 3 rings (SSSR count). The van der Waals surface area contributed by atoms with Crippen molar-refractivity contribution in [3.63, 3.8) is 0 Å². The molecule has 1 aliphatic rings. The number of likely N-dealkylation sites (tertiary alicyclic amines) is 1. The van der Waals surface area contributed by atoms with E-state index in [2.05, 4.69) is 10.3 Å². The summed E-state index contributed by atoms with van der Waals surface area (Å²) in [6, 6.07) is 5.49. The van der Waals surface area contributed by atoms with Crippen LogP contribution in [0.5, 0.6) is 0 Å². The molecule has 1 saturated heterocycles. The number of nitrogens with two attached hydrogens (primary N) is 1. The van der Waals surface area contributed by atoms with Crippen molar-refractivity contribution in [3.05, 3.63) is 48.0 Å². The fraction of sp³-hybridized carbons (Fsp3) is 0.471. The number of carbonyl (C=O) groups is 1. The predicted molar refractivity (Wildman–Crippen MR) is 87.9 cm³/mol. The number of rotatable bonds is 5. The topological polar surface area (TPSA) is 77.0 Å². The maximum atomic E-state index is 14.3. The van der Waals surface area contributed by atoms with Crippen LogP contribution in [-0.2, 0) is 11.3 Å². The van der Waals surface area contributed by atoms with E-state index in [1.807, 2.05) is 0 Å². The van der Waals surface area contributed by atoms with Crippen LogP contribution in [-0.4, -0.2) is 50.9 Å². The Morgan fingerprint density at radius 2 is 2.04 bits per heavy atom. The third-order valence-electron chi connectivity index (χ3n) is 4.68. The molecule has 9 heteroatoms. The Morgan fingerprint density at radius 1 is 1.31 bits per heavy atom. The Hall–Kier alpha value is -2.42. The number of halogens is 3. The summed E-state index contributed by atoms with van der Waals surface area (Å²) in [5.74, 6) is -5.15. The lowest BCUT2D eigenvalue weighted by Gasteiger charge is -2.38. The fourth-order valence-electron chi connectivity index (χ4n) is 3.24. The first kappa shape index (κ1) is 18.4. The van der Waals surface area contributed by atoms with Crippen molar-refractivity contribution in [2.24, 2.45) is 5.73 Å². The van der Waals surface area contributed by atoms with Gasteiger partial charge < -0.3 is 10.6 Å². The lowest BCUT2D eigenvalue weighted by molar-refractivity contribution is -0.160. The van der Waals surface area contributed by atoms with Gasteiger partial charge in [0.2, 0.25) is 0 Å². The van der Waals surface area contributed by atoms with Gasteiger partial charge in [-0.3, -0.25) is 9.48 Å². The van der Waals surface area contributed by atoms with Crippen molar-refractivity contribution in [3.8, 4) is 0 Å². The predicted octanol–water partition coefficient (Wildman–Crippen LogP) is 1.79. The first-order chi connectivity index (χ1) is 12.4. The van der Waals surface area contributed by atoms with Gasteiger partial charge >= 0.3 is 5.92 Å². The molecule has 0 saturated carbocycles. The largest absolute Gasteiger partial charge is 0.336 e. The minimum atomic E-state index is -3.49. The molecule has 1 aromatic carbocycles. The number of alkyl halides is 2. The second kappa shape index (κ2) is 7.45. The zero-order chi connectivity index (χ0) is 18.7. The third-order valence-corrected chi connectivity index (χ3v) is 4.68. The summed E-state index contributed by atoms with van der Waals surface area (Å²) < 4.78 is 42.8. The number of aryl methyl sites for hydroxylation is 1. The highest BCUT2D eigenvalue weighted by Crippen LogP contribution is 2.30. The molecule has 2 heterocycles. The maximum Gasteiger partial charge on any atom is 0.326 e. The Bertz CT molecular complexity index is 735. The number of carbonyl (C=O) groups excluding carboxylic acids is 1. The highest BCUT2D eigenvalue weighted by Gasteiger charge is 2.44. The first-order valence-electron chi connectivity index (χ1n) is 8.39. The summed E-state index contributed by atoms with van der Waals surface area (Å²) in [6.45, 7) is 0.129. The van der Waals surface area contributed by atoms with Gasteiger partial charge in [-0.2, -0.15) is 8.78 Å². The van der Waals surface area contributed by atoms with E-state index in [0.717, 1.165) is 10.5 Å². The Kier molecular flexibility index (Phi) is 5.26. The molecule has 140 valence electrons. The number of hydrogen-bond acceptors (Lipinski definition) is 4. The fourth-order valence-corrected chi connectivity index (χ4v) is 3.24. The normalized spacial score (nSPS) is 21.0. The zero-order valence-electron chi connectivity index (χ0n) is 14.1. The van der Waals surface area contributed by atoms with Gasteiger partial charge in [0.05, 0.1) is 6.20 Å². The van der Waals surface area contributed by atoms with Gasteiger partial charge in [0, 0.05) is 44.2 Å². The van der Waals surface area contributed by atoms with Crippen LogP contribution in [0.2, 0.25) is 0 Å². The molecule has 0 radical (unpaired) electrons. The zero-order valence-corrected chi connectivity index (χ0v) is 14.1. The van der Waals surface area contributed by atoms with Gasteiger partial charge in [0.25, 0.3) is 5.91 Å². The molecule has 1 aromatic heterocycles. The summed E-state index contributed by atoms with van der Waals surface area (Å²) in [6.07, 6.45) is 2.66. The van der Waals surface area contributed by atoms with E-state index in [1.165, 1.54) is 29.2 Å². The molecule has 0 spiro atoms. The number of benzene rings is 1. The maximum absolute atomic E-state index is 14.3. The van der Waals surface area contributed by atoms with E-state index >= 15 is 0 Å². The average Bonchev–Trinajstić information content (AvgIpc) is 3.14. The number of hydrogen-bond donors (Lipinski definition) is 1. The molecule has 26 heavy (non-hydrogen) atoms. The lowest BCUT2D eigenvalue weighted by Crippen LogP contribution is -2.54. The molecule has 1 amide bonds. The summed E-state index contributed by atoms with van der Waals surface area (Å²) in [5, 5.41) is 7.16. The van der Waals surface area contributed by atoms with Crippen molar-refractivity contribution in [1.82, 2.24) is 19.9 Å². The summed E-state index contributed by atoms with van der Waals surface area (Å²) in [5.41, 5.74) is 6.97. The van der Waals surface area contributed by atoms with Crippen LogP contribution in [0.25, 0.3) is 0 Å². The monoisotopic (exact) mass is 367 g/mol. The standard InChI is InChI=1S/C17H20F3N5O/c18-13-3-1-12(2-4-13)14-5-8-24(11-15(14)21)16(26)17(19,20)6-9-25-10-7-22-23-25/h1-4,7,10,14-15H,5-6,8-9,11,21H2/t14-,15+/m0/s1. The SMILES string of the molecule is N[C@@H]1CN(C(=O)C(F)(F)CCn2ccnn2)CC[C@H]1c1ccc(F)cc1. The van der Waals surface area contributed by atoms with Gasteiger partial charge in [-0.05, 0) is 24.1 Å². The molecular formula is C17H20F3N5O. The Balaban J connectivity index is 1.60. The first-order valence-corrected chi connectivity index (χ1v) is 8.39. The lowest BCUT2D eigenvalue weighted by atomic mass is 9.85. The van der Waals surface area contributed by atoms with Crippen LogP contribution in [0.1, 0.15) is 24.3 Å². The number of aromatic nitrogens is 3. The minimum absolute atomic E-state index is 0.0415.